The number of oxime groups is 1. The topological polar surface area (TPSA) is 72.4 Å². The normalized spacial score (nSPS) is 19.6. The van der Waals surface area contributed by atoms with Crippen LogP contribution in [-0.2, 0) is 22.5 Å². The van der Waals surface area contributed by atoms with Crippen LogP contribution in [0.4, 0.5) is 18.0 Å². The predicted octanol–water partition coefficient (Wildman–Crippen LogP) is 5.03. The lowest BCUT2D eigenvalue weighted by atomic mass is 9.88. The number of hydrogen-bond donors (Lipinski definition) is 1. The van der Waals surface area contributed by atoms with Gasteiger partial charge in [0.1, 0.15) is 18.7 Å². The zero-order valence-electron chi connectivity index (χ0n) is 17.8. The Morgan fingerprint density at radius 1 is 1.15 bits per heavy atom. The first-order valence-corrected chi connectivity index (χ1v) is 10.6. The van der Waals surface area contributed by atoms with Crippen LogP contribution in [0.5, 0.6) is 5.75 Å². The van der Waals surface area contributed by atoms with E-state index in [1.54, 1.807) is 0 Å². The number of amides is 2. The number of hydrogen-bond acceptors (Lipinski definition) is 5. The van der Waals surface area contributed by atoms with E-state index in [0.717, 1.165) is 34.8 Å². The summed E-state index contributed by atoms with van der Waals surface area (Å²) < 4.78 is 44.3. The van der Waals surface area contributed by atoms with Gasteiger partial charge < -0.3 is 9.57 Å². The van der Waals surface area contributed by atoms with Gasteiger partial charge in [-0.25, -0.2) is 4.79 Å². The second kappa shape index (κ2) is 8.86. The zero-order chi connectivity index (χ0) is 23.7. The molecule has 0 unspecified atom stereocenters. The highest BCUT2D eigenvalue weighted by Gasteiger charge is 2.45. The Balaban J connectivity index is 1.25. The molecular weight excluding hydrogens is 451 g/mol. The number of carbonyl (C=O) groups excluding carboxylic acids is 1. The molecule has 10 heteroatoms. The predicted molar refractivity (Wildman–Crippen MR) is 117 cm³/mol. The van der Waals surface area contributed by atoms with Crippen LogP contribution in [0.25, 0.3) is 10.8 Å². The molecule has 0 spiro atoms. The smallest absolute Gasteiger partial charge is 0.416 e. The fourth-order valence-electron chi connectivity index (χ4n) is 4.25. The van der Waals surface area contributed by atoms with Crippen LogP contribution >= 0.6 is 0 Å². The van der Waals surface area contributed by atoms with Crippen LogP contribution in [-0.4, -0.2) is 30.6 Å². The standard InChI is InChI=1S/C24H20F3N3O4/c25-24(26,27)18-6-3-4-15(10-18)11-33-29-14-28-23(31)30-22-17(13-34-30)12-32-20-9-8-16-5-1-2-7-19(16)21(20)22/h1-10,14,17,22H,11-13H2,(H,28,29,31)/t17-,22-/m1/s1. The molecule has 2 heterocycles. The average Bonchev–Trinajstić information content (AvgIpc) is 3.27. The second-order valence-electron chi connectivity index (χ2n) is 7.99. The number of ether oxygens (including phenoxy) is 1. The number of fused-ring (bicyclic) bond motifs is 5. The van der Waals surface area contributed by atoms with Gasteiger partial charge in [-0.15, -0.1) is 0 Å². The summed E-state index contributed by atoms with van der Waals surface area (Å²) in [6.07, 6.45) is -3.40. The lowest BCUT2D eigenvalue weighted by Gasteiger charge is -2.32. The van der Waals surface area contributed by atoms with Crippen LogP contribution < -0.4 is 10.1 Å². The Hall–Kier alpha value is -3.79. The molecule has 5 rings (SSSR count). The van der Waals surface area contributed by atoms with Crippen molar-refractivity contribution in [2.45, 2.75) is 18.8 Å². The molecule has 3 aromatic rings. The minimum absolute atomic E-state index is 0.0295. The molecule has 2 atom stereocenters. The molecular formula is C24H20F3N3O4. The van der Waals surface area contributed by atoms with Crippen molar-refractivity contribution < 1.29 is 32.4 Å². The van der Waals surface area contributed by atoms with Crippen molar-refractivity contribution >= 4 is 23.1 Å². The van der Waals surface area contributed by atoms with Gasteiger partial charge in [-0.3, -0.25) is 10.2 Å². The number of nitrogens with zero attached hydrogens (tertiary/aromatic N) is 2. The third kappa shape index (κ3) is 4.24. The zero-order valence-corrected chi connectivity index (χ0v) is 17.8. The molecule has 34 heavy (non-hydrogen) atoms. The number of nitrogens with one attached hydrogen (secondary N) is 1. The molecule has 1 fully saturated rings. The molecule has 0 radical (unpaired) electrons. The Morgan fingerprint density at radius 3 is 2.85 bits per heavy atom. The van der Waals surface area contributed by atoms with Gasteiger partial charge in [-0.2, -0.15) is 18.2 Å². The highest BCUT2D eigenvalue weighted by Crippen LogP contribution is 2.46. The molecule has 176 valence electrons. The van der Waals surface area contributed by atoms with E-state index in [-0.39, 0.29) is 18.6 Å². The molecule has 2 aliphatic rings. The summed E-state index contributed by atoms with van der Waals surface area (Å²) in [5, 5.41) is 9.39. The van der Waals surface area contributed by atoms with Gasteiger partial charge >= 0.3 is 12.2 Å². The van der Waals surface area contributed by atoms with Gasteiger partial charge in [0.25, 0.3) is 0 Å². The van der Waals surface area contributed by atoms with Gasteiger partial charge in [-0.05, 0) is 34.5 Å². The monoisotopic (exact) mass is 471 g/mol. The van der Waals surface area contributed by atoms with Gasteiger partial charge in [-0.1, -0.05) is 47.6 Å². The van der Waals surface area contributed by atoms with E-state index in [0.29, 0.717) is 24.5 Å². The number of halogens is 3. The Labute approximate surface area is 192 Å². The van der Waals surface area contributed by atoms with Gasteiger partial charge in [0.15, 0.2) is 0 Å². The van der Waals surface area contributed by atoms with Crippen molar-refractivity contribution in [2.24, 2.45) is 11.1 Å². The minimum atomic E-state index is -4.44. The van der Waals surface area contributed by atoms with E-state index < -0.39 is 17.8 Å². The highest BCUT2D eigenvalue weighted by molar-refractivity contribution is 5.90. The molecule has 7 nitrogen and oxygen atoms in total. The second-order valence-corrected chi connectivity index (χ2v) is 7.99. The van der Waals surface area contributed by atoms with Crippen LogP contribution in [0.1, 0.15) is 22.7 Å². The summed E-state index contributed by atoms with van der Waals surface area (Å²) >= 11 is 0. The fourth-order valence-corrected chi connectivity index (χ4v) is 4.25. The van der Waals surface area contributed by atoms with Crippen molar-refractivity contribution in [1.82, 2.24) is 10.4 Å². The van der Waals surface area contributed by atoms with Crippen LogP contribution in [0.3, 0.4) is 0 Å². The van der Waals surface area contributed by atoms with Crippen molar-refractivity contribution in [2.75, 3.05) is 13.2 Å². The Kier molecular flexibility index (Phi) is 5.74. The molecule has 0 aromatic heterocycles. The Morgan fingerprint density at radius 2 is 2.00 bits per heavy atom. The maximum Gasteiger partial charge on any atom is 0.416 e. The van der Waals surface area contributed by atoms with Crippen molar-refractivity contribution in [1.29, 1.82) is 0 Å². The molecule has 3 aromatic carbocycles. The minimum Gasteiger partial charge on any atom is -0.493 e. The molecule has 0 aliphatic carbocycles. The van der Waals surface area contributed by atoms with Crippen molar-refractivity contribution in [3.05, 3.63) is 77.4 Å². The van der Waals surface area contributed by atoms with Crippen LogP contribution in [0.2, 0.25) is 0 Å². The first-order valence-electron chi connectivity index (χ1n) is 10.6. The van der Waals surface area contributed by atoms with Crippen molar-refractivity contribution in [3.63, 3.8) is 0 Å². The number of urea groups is 1. The lowest BCUT2D eigenvalue weighted by Crippen LogP contribution is -2.40. The number of alkyl halides is 3. The number of hydroxylamine groups is 2. The molecule has 0 saturated carbocycles. The van der Waals surface area contributed by atoms with E-state index in [9.17, 15) is 18.0 Å². The largest absolute Gasteiger partial charge is 0.493 e. The summed E-state index contributed by atoms with van der Waals surface area (Å²) in [6.45, 7) is 0.565. The summed E-state index contributed by atoms with van der Waals surface area (Å²) in [5.41, 5.74) is 0.422. The quantitative estimate of drug-likeness (QED) is 0.329. The summed E-state index contributed by atoms with van der Waals surface area (Å²) in [6, 6.07) is 15.6. The SMILES string of the molecule is O=C(NC=NOCc1cccc(C(F)(F)F)c1)N1OC[C@H]2COc3ccc4ccccc4c3[C@@H]21. The van der Waals surface area contributed by atoms with E-state index >= 15 is 0 Å². The first kappa shape index (κ1) is 22.0. The maximum atomic E-state index is 12.8. The lowest BCUT2D eigenvalue weighted by molar-refractivity contribution is -0.137. The van der Waals surface area contributed by atoms with E-state index in [2.05, 4.69) is 10.5 Å². The molecule has 0 bridgehead atoms. The van der Waals surface area contributed by atoms with E-state index in [4.69, 9.17) is 14.4 Å². The first-order chi connectivity index (χ1) is 16.4. The number of benzene rings is 3. The summed E-state index contributed by atoms with van der Waals surface area (Å²) in [4.78, 5) is 23.5. The Bertz CT molecular complexity index is 1250. The van der Waals surface area contributed by atoms with Gasteiger partial charge in [0, 0.05) is 11.5 Å². The van der Waals surface area contributed by atoms with Gasteiger partial charge in [0.05, 0.1) is 24.8 Å². The average molecular weight is 471 g/mol. The maximum absolute atomic E-state index is 12.8. The van der Waals surface area contributed by atoms with Crippen LogP contribution in [0.15, 0.2) is 65.8 Å². The summed E-state index contributed by atoms with van der Waals surface area (Å²) in [7, 11) is 0. The van der Waals surface area contributed by atoms with Gasteiger partial charge in [0.2, 0.25) is 0 Å². The number of carbonyl (C=O) groups is 1. The summed E-state index contributed by atoms with van der Waals surface area (Å²) in [5.74, 6) is 0.680. The number of rotatable bonds is 4. The van der Waals surface area contributed by atoms with E-state index in [1.807, 2.05) is 36.4 Å². The van der Waals surface area contributed by atoms with Crippen molar-refractivity contribution in [3.8, 4) is 5.75 Å². The highest BCUT2D eigenvalue weighted by atomic mass is 19.4. The van der Waals surface area contributed by atoms with E-state index in [1.165, 1.54) is 17.2 Å². The molecule has 1 N–H and O–H groups in total. The molecule has 2 amide bonds. The third-order valence-electron chi connectivity index (χ3n) is 5.81. The van der Waals surface area contributed by atoms with Crippen LogP contribution in [0, 0.1) is 5.92 Å². The molecule has 1 saturated heterocycles. The molecule has 2 aliphatic heterocycles. The fraction of sp³-hybridized carbons (Fsp3) is 0.250. The third-order valence-corrected chi connectivity index (χ3v) is 5.81.